The zero-order chi connectivity index (χ0) is 18.0. The van der Waals surface area contributed by atoms with Crippen LogP contribution >= 0.6 is 35.0 Å². The Bertz CT molecular complexity index is 992. The monoisotopic (exact) mass is 393 g/mol. The molecule has 8 heteroatoms. The molecular formula is C17H17Cl2N5S. The number of aryl methyl sites for hydroxylation is 1. The van der Waals surface area contributed by atoms with Crippen LogP contribution in [-0.4, -0.2) is 19.5 Å². The third kappa shape index (κ3) is 4.26. The summed E-state index contributed by atoms with van der Waals surface area (Å²) in [6, 6.07) is 5.33. The van der Waals surface area contributed by atoms with Crippen LogP contribution in [0, 0.1) is 5.41 Å². The normalized spacial score (nSPS) is 11.2. The Kier molecular flexibility index (Phi) is 5.51. The van der Waals surface area contributed by atoms with Gasteiger partial charge in [0.2, 0.25) is 0 Å². The number of halogens is 2. The summed E-state index contributed by atoms with van der Waals surface area (Å²) in [5, 5.41) is 9.82. The number of H-pyrrole nitrogens is 1. The molecule has 1 aromatic carbocycles. The van der Waals surface area contributed by atoms with Gasteiger partial charge in [0.05, 0.1) is 11.3 Å². The molecule has 2 N–H and O–H groups in total. The summed E-state index contributed by atoms with van der Waals surface area (Å²) < 4.78 is 1.96. The number of nitrogens with one attached hydrogen (secondary N) is 2. The molecule has 3 rings (SSSR count). The molecule has 2 heterocycles. The number of allylic oxidation sites excluding steroid dienone is 1. The molecule has 0 saturated carbocycles. The molecule has 0 aliphatic rings. The van der Waals surface area contributed by atoms with E-state index in [9.17, 15) is 0 Å². The van der Waals surface area contributed by atoms with E-state index in [-0.39, 0.29) is 5.49 Å². The summed E-state index contributed by atoms with van der Waals surface area (Å²) in [4.78, 5) is 12.8. The minimum absolute atomic E-state index is 0.174. The van der Waals surface area contributed by atoms with E-state index in [2.05, 4.69) is 21.5 Å². The lowest BCUT2D eigenvalue weighted by molar-refractivity contribution is 0.639. The van der Waals surface area contributed by atoms with Crippen molar-refractivity contribution in [2.24, 2.45) is 0 Å². The number of nitrogens with zero attached hydrogens (tertiary/aromatic N) is 3. The van der Waals surface area contributed by atoms with Gasteiger partial charge >= 0.3 is 0 Å². The highest BCUT2D eigenvalue weighted by Crippen LogP contribution is 2.33. The highest BCUT2D eigenvalue weighted by atomic mass is 35.5. The van der Waals surface area contributed by atoms with Gasteiger partial charge < -0.3 is 9.55 Å². The Labute approximate surface area is 159 Å². The number of hydrogen-bond donors (Lipinski definition) is 2. The molecule has 0 spiro atoms. The van der Waals surface area contributed by atoms with Crippen molar-refractivity contribution in [3.8, 4) is 0 Å². The smallest absolute Gasteiger partial charge is 0.173 e. The first-order valence-corrected chi connectivity index (χ1v) is 9.28. The van der Waals surface area contributed by atoms with Gasteiger partial charge in [-0.2, -0.15) is 0 Å². The number of hydrogen-bond acceptors (Lipinski definition) is 4. The first kappa shape index (κ1) is 18.0. The van der Waals surface area contributed by atoms with E-state index >= 15 is 0 Å². The summed E-state index contributed by atoms with van der Waals surface area (Å²) >= 11 is 13.6. The van der Waals surface area contributed by atoms with E-state index < -0.39 is 0 Å². The van der Waals surface area contributed by atoms with Gasteiger partial charge in [0.1, 0.15) is 5.52 Å². The summed E-state index contributed by atoms with van der Waals surface area (Å²) in [6.07, 6.45) is 3.56. The number of rotatable bonds is 6. The van der Waals surface area contributed by atoms with Crippen LogP contribution in [0.3, 0.4) is 0 Å². The van der Waals surface area contributed by atoms with Gasteiger partial charge in [-0.05, 0) is 38.0 Å². The van der Waals surface area contributed by atoms with Gasteiger partial charge in [-0.1, -0.05) is 40.5 Å². The predicted octanol–water partition coefficient (Wildman–Crippen LogP) is 5.05. The van der Waals surface area contributed by atoms with Crippen LogP contribution in [0.4, 0.5) is 0 Å². The maximum absolute atomic E-state index is 8.01. The molecule has 0 unspecified atom stereocenters. The fourth-order valence-electron chi connectivity index (χ4n) is 2.39. The van der Waals surface area contributed by atoms with Crippen LogP contribution in [0.2, 0.25) is 10.0 Å². The molecule has 25 heavy (non-hydrogen) atoms. The highest BCUT2D eigenvalue weighted by Gasteiger charge is 2.12. The SMILES string of the molecule is C=C(C)CCCn1cnc(=N)c2[nH]c(Sc3ccc(Cl)cc3Cl)nc21. The second kappa shape index (κ2) is 7.64. The topological polar surface area (TPSA) is 70.3 Å². The van der Waals surface area contributed by atoms with Crippen molar-refractivity contribution in [1.82, 2.24) is 19.5 Å². The summed E-state index contributed by atoms with van der Waals surface area (Å²) in [7, 11) is 0. The second-order valence-electron chi connectivity index (χ2n) is 5.76. The van der Waals surface area contributed by atoms with E-state index in [0.717, 1.165) is 29.9 Å². The van der Waals surface area contributed by atoms with Crippen molar-refractivity contribution in [2.45, 2.75) is 36.4 Å². The Balaban J connectivity index is 1.91. The molecule has 2 aromatic heterocycles. The van der Waals surface area contributed by atoms with Crippen LogP contribution in [0.15, 0.2) is 46.7 Å². The molecule has 0 saturated heterocycles. The Morgan fingerprint density at radius 2 is 2.20 bits per heavy atom. The van der Waals surface area contributed by atoms with Gasteiger partial charge in [-0.15, -0.1) is 6.58 Å². The molecule has 0 atom stereocenters. The maximum atomic E-state index is 8.01. The van der Waals surface area contributed by atoms with Crippen LogP contribution in [0.1, 0.15) is 19.8 Å². The third-order valence-corrected chi connectivity index (χ3v) is 5.22. The number of benzene rings is 1. The Hall–Kier alpha value is -1.76. The van der Waals surface area contributed by atoms with E-state index in [1.807, 2.05) is 17.6 Å². The highest BCUT2D eigenvalue weighted by molar-refractivity contribution is 7.99. The molecule has 0 amide bonds. The van der Waals surface area contributed by atoms with Gasteiger partial charge in [0.15, 0.2) is 16.3 Å². The van der Waals surface area contributed by atoms with Crippen molar-refractivity contribution >= 4 is 46.1 Å². The molecule has 0 fully saturated rings. The van der Waals surface area contributed by atoms with Crippen LogP contribution in [0.5, 0.6) is 0 Å². The van der Waals surface area contributed by atoms with Crippen molar-refractivity contribution in [3.05, 3.63) is 52.2 Å². The lowest BCUT2D eigenvalue weighted by atomic mass is 10.2. The fourth-order valence-corrected chi connectivity index (χ4v) is 3.70. The van der Waals surface area contributed by atoms with Crippen molar-refractivity contribution < 1.29 is 0 Å². The van der Waals surface area contributed by atoms with Gasteiger partial charge in [-0.3, -0.25) is 5.41 Å². The average Bonchev–Trinajstić information content (AvgIpc) is 2.97. The first-order chi connectivity index (χ1) is 11.9. The van der Waals surface area contributed by atoms with Crippen LogP contribution in [0.25, 0.3) is 11.2 Å². The van der Waals surface area contributed by atoms with Crippen molar-refractivity contribution in [1.29, 1.82) is 5.41 Å². The Morgan fingerprint density at radius 1 is 1.40 bits per heavy atom. The minimum Gasteiger partial charge on any atom is -0.328 e. The van der Waals surface area contributed by atoms with E-state index in [0.29, 0.717) is 26.4 Å². The molecule has 3 aromatic rings. The standard InChI is InChI=1S/C17H17Cl2N5S/c1-10(2)4-3-7-24-9-21-15(20)14-16(24)23-17(22-14)25-13-6-5-11(18)8-12(13)19/h5-6,8-9,20H,1,3-4,7H2,2H3,(H,22,23). The minimum atomic E-state index is 0.174. The Morgan fingerprint density at radius 3 is 2.92 bits per heavy atom. The third-order valence-electron chi connectivity index (χ3n) is 3.60. The fraction of sp³-hybridized carbons (Fsp3) is 0.235. The largest absolute Gasteiger partial charge is 0.328 e. The average molecular weight is 394 g/mol. The number of fused-ring (bicyclic) bond motifs is 1. The van der Waals surface area contributed by atoms with Crippen LogP contribution < -0.4 is 5.49 Å². The quantitative estimate of drug-likeness (QED) is 0.575. The molecule has 5 nitrogen and oxygen atoms in total. The molecule has 0 bridgehead atoms. The summed E-state index contributed by atoms with van der Waals surface area (Å²) in [5.41, 5.74) is 2.66. The molecule has 0 aliphatic heterocycles. The maximum Gasteiger partial charge on any atom is 0.173 e. The van der Waals surface area contributed by atoms with E-state index in [1.165, 1.54) is 11.8 Å². The van der Waals surface area contributed by atoms with Gasteiger partial charge in [0.25, 0.3) is 0 Å². The van der Waals surface area contributed by atoms with E-state index in [4.69, 9.17) is 28.6 Å². The van der Waals surface area contributed by atoms with Crippen molar-refractivity contribution in [2.75, 3.05) is 0 Å². The lowest BCUT2D eigenvalue weighted by Gasteiger charge is -2.06. The van der Waals surface area contributed by atoms with Gasteiger partial charge in [0, 0.05) is 16.5 Å². The second-order valence-corrected chi connectivity index (χ2v) is 7.64. The summed E-state index contributed by atoms with van der Waals surface area (Å²) in [6.45, 7) is 6.72. The van der Waals surface area contributed by atoms with Crippen LogP contribution in [-0.2, 0) is 6.54 Å². The predicted molar refractivity (Wildman–Crippen MR) is 102 cm³/mol. The number of imidazole rings is 1. The lowest BCUT2D eigenvalue weighted by Crippen LogP contribution is -2.12. The van der Waals surface area contributed by atoms with Crippen molar-refractivity contribution in [3.63, 3.8) is 0 Å². The summed E-state index contributed by atoms with van der Waals surface area (Å²) in [5.74, 6) is 0. The molecule has 0 radical (unpaired) electrons. The zero-order valence-electron chi connectivity index (χ0n) is 13.6. The van der Waals surface area contributed by atoms with E-state index in [1.54, 1.807) is 18.5 Å². The first-order valence-electron chi connectivity index (χ1n) is 7.71. The van der Waals surface area contributed by atoms with Gasteiger partial charge in [-0.25, -0.2) is 9.97 Å². The molecule has 0 aliphatic carbocycles. The zero-order valence-corrected chi connectivity index (χ0v) is 16.0. The molecular weight excluding hydrogens is 377 g/mol. The molecule has 130 valence electrons. The number of aromatic amines is 1. The number of aromatic nitrogens is 4.